The molecule has 0 radical (unpaired) electrons. The minimum Gasteiger partial charge on any atom is -0.480 e. The summed E-state index contributed by atoms with van der Waals surface area (Å²) in [6, 6.07) is 0. The fourth-order valence-electron chi connectivity index (χ4n) is 2.24. The predicted octanol–water partition coefficient (Wildman–Crippen LogP) is 1.20. The van der Waals surface area contributed by atoms with Gasteiger partial charge in [0.05, 0.1) is 12.1 Å². The van der Waals surface area contributed by atoms with E-state index in [4.69, 9.17) is 4.52 Å². The summed E-state index contributed by atoms with van der Waals surface area (Å²) in [5.41, 5.74) is 0.216. The minimum absolute atomic E-state index is 0.0265. The third-order valence-electron chi connectivity index (χ3n) is 3.76. The third kappa shape index (κ3) is 2.62. The summed E-state index contributed by atoms with van der Waals surface area (Å²) in [7, 11) is 0. The number of rotatable bonds is 5. The van der Waals surface area contributed by atoms with Crippen molar-refractivity contribution in [2.45, 2.75) is 45.6 Å². The minimum atomic E-state index is -1.17. The summed E-state index contributed by atoms with van der Waals surface area (Å²) in [6.45, 7) is 5.06. The predicted molar refractivity (Wildman–Crippen MR) is 66.6 cm³/mol. The Morgan fingerprint density at radius 1 is 1.47 bits per heavy atom. The number of hydrogen-bond acceptors (Lipinski definition) is 4. The first-order valence-corrected chi connectivity index (χ1v) is 6.30. The molecule has 19 heavy (non-hydrogen) atoms. The molecule has 2 N–H and O–H groups in total. The number of amides is 1. The summed E-state index contributed by atoms with van der Waals surface area (Å²) < 4.78 is 4.99. The van der Waals surface area contributed by atoms with Crippen molar-refractivity contribution >= 4 is 11.9 Å². The molecule has 104 valence electrons. The second kappa shape index (κ2) is 4.68. The number of aliphatic carboxylic acids is 1. The van der Waals surface area contributed by atoms with Gasteiger partial charge in [0, 0.05) is 5.56 Å². The van der Waals surface area contributed by atoms with Crippen LogP contribution in [-0.2, 0) is 16.0 Å². The van der Waals surface area contributed by atoms with Gasteiger partial charge in [-0.3, -0.25) is 4.79 Å². The normalized spacial score (nSPS) is 17.8. The van der Waals surface area contributed by atoms with Crippen molar-refractivity contribution in [1.29, 1.82) is 0 Å². The molecule has 0 aromatic carbocycles. The van der Waals surface area contributed by atoms with Gasteiger partial charge in [-0.25, -0.2) is 4.79 Å². The van der Waals surface area contributed by atoms with E-state index in [9.17, 15) is 14.7 Å². The molecule has 1 saturated carbocycles. The van der Waals surface area contributed by atoms with E-state index in [1.54, 1.807) is 20.8 Å². The summed E-state index contributed by atoms with van der Waals surface area (Å²) in [4.78, 5) is 23.4. The van der Waals surface area contributed by atoms with E-state index in [1.807, 2.05) is 0 Å². The van der Waals surface area contributed by atoms with Gasteiger partial charge >= 0.3 is 5.97 Å². The van der Waals surface area contributed by atoms with Crippen molar-refractivity contribution in [2.75, 3.05) is 0 Å². The number of carboxylic acids is 1. The van der Waals surface area contributed by atoms with E-state index in [-0.39, 0.29) is 18.2 Å². The number of nitrogens with zero attached hydrogens (tertiary/aromatic N) is 1. The van der Waals surface area contributed by atoms with Gasteiger partial charge < -0.3 is 14.9 Å². The molecule has 0 aliphatic heterocycles. The average molecular weight is 266 g/mol. The molecular formula is C13H18N2O4. The summed E-state index contributed by atoms with van der Waals surface area (Å²) in [5.74, 6) is -0.678. The maximum absolute atomic E-state index is 12.0. The zero-order chi connectivity index (χ0) is 14.2. The highest BCUT2D eigenvalue weighted by Crippen LogP contribution is 2.39. The van der Waals surface area contributed by atoms with Crippen LogP contribution in [0.1, 0.15) is 36.8 Å². The summed E-state index contributed by atoms with van der Waals surface area (Å²) in [6.07, 6.45) is 1.78. The second-order valence-electron chi connectivity index (χ2n) is 5.31. The maximum Gasteiger partial charge on any atom is 0.329 e. The molecule has 1 fully saturated rings. The molecule has 6 nitrogen and oxygen atoms in total. The summed E-state index contributed by atoms with van der Waals surface area (Å²) >= 11 is 0. The smallest absolute Gasteiger partial charge is 0.329 e. The second-order valence-corrected chi connectivity index (χ2v) is 5.31. The van der Waals surface area contributed by atoms with Gasteiger partial charge in [0.15, 0.2) is 0 Å². The van der Waals surface area contributed by atoms with Gasteiger partial charge in [0.25, 0.3) is 0 Å². The molecule has 6 heteroatoms. The zero-order valence-corrected chi connectivity index (χ0v) is 11.3. The van der Waals surface area contributed by atoms with Crippen molar-refractivity contribution in [1.82, 2.24) is 10.5 Å². The first-order chi connectivity index (χ1) is 8.84. The molecule has 1 aromatic rings. The number of aryl methyl sites for hydroxylation is 2. The first kappa shape index (κ1) is 13.6. The van der Waals surface area contributed by atoms with Gasteiger partial charge in [0.1, 0.15) is 11.3 Å². The molecule has 1 heterocycles. The van der Waals surface area contributed by atoms with Gasteiger partial charge in [-0.1, -0.05) is 5.16 Å². The molecule has 1 aromatic heterocycles. The highest BCUT2D eigenvalue weighted by atomic mass is 16.5. The maximum atomic E-state index is 12.0. The Kier molecular flexibility index (Phi) is 3.34. The average Bonchev–Trinajstić information content (AvgIpc) is 3.12. The van der Waals surface area contributed by atoms with Crippen LogP contribution in [0.25, 0.3) is 0 Å². The lowest BCUT2D eigenvalue weighted by Crippen LogP contribution is -2.54. The largest absolute Gasteiger partial charge is 0.480 e. The molecule has 0 bridgehead atoms. The fraction of sp³-hybridized carbons (Fsp3) is 0.615. The third-order valence-corrected chi connectivity index (χ3v) is 3.76. The first-order valence-electron chi connectivity index (χ1n) is 6.30. The monoisotopic (exact) mass is 266 g/mol. The fourth-order valence-corrected chi connectivity index (χ4v) is 2.24. The van der Waals surface area contributed by atoms with Crippen molar-refractivity contribution in [2.24, 2.45) is 5.92 Å². The number of nitrogens with one attached hydrogen (secondary N) is 1. The molecule has 1 aliphatic carbocycles. The Balaban J connectivity index is 2.07. The van der Waals surface area contributed by atoms with Crippen LogP contribution in [0.15, 0.2) is 4.52 Å². The van der Waals surface area contributed by atoms with Crippen LogP contribution in [0.4, 0.5) is 0 Å². The van der Waals surface area contributed by atoms with Crippen molar-refractivity contribution in [3.63, 3.8) is 0 Å². The van der Waals surface area contributed by atoms with E-state index in [0.717, 1.165) is 18.4 Å². The van der Waals surface area contributed by atoms with Gasteiger partial charge in [-0.2, -0.15) is 0 Å². The molecular weight excluding hydrogens is 248 g/mol. The van der Waals surface area contributed by atoms with Gasteiger partial charge in [-0.05, 0) is 39.5 Å². The van der Waals surface area contributed by atoms with E-state index in [0.29, 0.717) is 11.5 Å². The lowest BCUT2D eigenvalue weighted by Gasteiger charge is -2.26. The van der Waals surface area contributed by atoms with Crippen LogP contribution in [0.3, 0.4) is 0 Å². The quantitative estimate of drug-likeness (QED) is 0.835. The van der Waals surface area contributed by atoms with Crippen LogP contribution in [-0.4, -0.2) is 27.7 Å². The number of carboxylic acid groups (broad SMARTS) is 1. The SMILES string of the molecule is Cc1noc(C)c1CC(=O)NC(C)(C(=O)O)C1CC1. The standard InChI is InChI=1S/C13H18N2O4/c1-7-10(8(2)19-15-7)6-11(16)14-13(3,12(17)18)9-4-5-9/h9H,4-6H2,1-3H3,(H,14,16)(H,17,18). The summed E-state index contributed by atoms with van der Waals surface area (Å²) in [5, 5.41) is 15.7. The van der Waals surface area contributed by atoms with Crippen LogP contribution in [0.2, 0.25) is 0 Å². The molecule has 0 saturated heterocycles. The lowest BCUT2D eigenvalue weighted by molar-refractivity contribution is -0.147. The number of carbonyl (C=O) groups excluding carboxylic acids is 1. The number of carbonyl (C=O) groups is 2. The molecule has 1 atom stereocenters. The highest BCUT2D eigenvalue weighted by Gasteiger charge is 2.48. The Hall–Kier alpha value is -1.85. The van der Waals surface area contributed by atoms with E-state index in [1.165, 1.54) is 0 Å². The Morgan fingerprint density at radius 3 is 2.53 bits per heavy atom. The Bertz CT molecular complexity index is 499. The molecule has 2 rings (SSSR count). The van der Waals surface area contributed by atoms with Gasteiger partial charge in [-0.15, -0.1) is 0 Å². The molecule has 1 aliphatic rings. The van der Waals surface area contributed by atoms with E-state index >= 15 is 0 Å². The highest BCUT2D eigenvalue weighted by molar-refractivity contribution is 5.88. The molecule has 1 amide bonds. The van der Waals surface area contributed by atoms with Crippen LogP contribution in [0.5, 0.6) is 0 Å². The number of aromatic nitrogens is 1. The van der Waals surface area contributed by atoms with E-state index in [2.05, 4.69) is 10.5 Å². The van der Waals surface area contributed by atoms with Crippen molar-refractivity contribution < 1.29 is 19.2 Å². The topological polar surface area (TPSA) is 92.4 Å². The molecule has 1 unspecified atom stereocenters. The Morgan fingerprint density at radius 2 is 2.11 bits per heavy atom. The van der Waals surface area contributed by atoms with Crippen molar-refractivity contribution in [3.8, 4) is 0 Å². The Labute approximate surface area is 111 Å². The lowest BCUT2D eigenvalue weighted by atomic mass is 9.95. The van der Waals surface area contributed by atoms with Gasteiger partial charge in [0.2, 0.25) is 5.91 Å². The van der Waals surface area contributed by atoms with E-state index < -0.39 is 11.5 Å². The van der Waals surface area contributed by atoms with Crippen LogP contribution in [0, 0.1) is 19.8 Å². The number of hydrogen-bond donors (Lipinski definition) is 2. The zero-order valence-electron chi connectivity index (χ0n) is 11.3. The van der Waals surface area contributed by atoms with Crippen molar-refractivity contribution in [3.05, 3.63) is 17.0 Å². The van der Waals surface area contributed by atoms with Crippen LogP contribution >= 0.6 is 0 Å². The molecule has 0 spiro atoms. The van der Waals surface area contributed by atoms with Crippen LogP contribution < -0.4 is 5.32 Å².